The van der Waals surface area contributed by atoms with Crippen molar-refractivity contribution >= 4 is 11.6 Å². The van der Waals surface area contributed by atoms with Crippen LogP contribution in [0.5, 0.6) is 0 Å². The summed E-state index contributed by atoms with van der Waals surface area (Å²) in [5.74, 6) is 0. The lowest BCUT2D eigenvalue weighted by Crippen LogP contribution is -2.35. The van der Waals surface area contributed by atoms with Gasteiger partial charge in [-0.3, -0.25) is 0 Å². The molecule has 1 rings (SSSR count). The molecule has 0 aromatic rings. The maximum absolute atomic E-state index is 8.63. The highest BCUT2D eigenvalue weighted by Gasteiger charge is 2.18. The average Bonchev–Trinajstić information content (AvgIpc) is 2.45. The second-order valence-electron chi connectivity index (χ2n) is 4.18. The molecular weight excluding hydrogens is 196 g/mol. The Morgan fingerprint density at radius 1 is 1.36 bits per heavy atom. The Kier molecular flexibility index (Phi) is 5.29. The molecule has 80 valence electrons. The van der Waals surface area contributed by atoms with Crippen molar-refractivity contribution in [2.45, 2.75) is 49.9 Å². The third kappa shape index (κ3) is 3.86. The highest BCUT2D eigenvalue weighted by molar-refractivity contribution is 6.22. The van der Waals surface area contributed by atoms with E-state index in [1.54, 1.807) is 0 Å². The summed E-state index contributed by atoms with van der Waals surface area (Å²) in [6, 6.07) is 2.72. The first-order valence-electron chi connectivity index (χ1n) is 5.48. The van der Waals surface area contributed by atoms with Crippen LogP contribution >= 0.6 is 11.6 Å². The van der Waals surface area contributed by atoms with Crippen LogP contribution in [0.4, 0.5) is 0 Å². The van der Waals surface area contributed by atoms with Crippen LogP contribution in [-0.2, 0) is 0 Å². The number of hydrogen-bond donors (Lipinski definition) is 0. The van der Waals surface area contributed by atoms with Crippen molar-refractivity contribution in [2.24, 2.45) is 0 Å². The lowest BCUT2D eigenvalue weighted by Gasteiger charge is -2.27. The van der Waals surface area contributed by atoms with E-state index < -0.39 is 0 Å². The summed E-state index contributed by atoms with van der Waals surface area (Å²) in [6.45, 7) is 0.697. The van der Waals surface area contributed by atoms with Crippen molar-refractivity contribution in [1.29, 1.82) is 5.26 Å². The first-order chi connectivity index (χ1) is 6.74. The predicted octanol–water partition coefficient (Wildman–Crippen LogP) is 2.77. The topological polar surface area (TPSA) is 27.0 Å². The van der Waals surface area contributed by atoms with Crippen molar-refractivity contribution in [3.8, 4) is 6.07 Å². The van der Waals surface area contributed by atoms with Crippen LogP contribution in [0.15, 0.2) is 0 Å². The Morgan fingerprint density at radius 3 is 2.43 bits per heavy atom. The number of hydrogen-bond acceptors (Lipinski definition) is 2. The monoisotopic (exact) mass is 214 g/mol. The molecule has 1 aliphatic carbocycles. The van der Waals surface area contributed by atoms with Crippen LogP contribution in [0.3, 0.4) is 0 Å². The number of nitriles is 1. The van der Waals surface area contributed by atoms with Gasteiger partial charge >= 0.3 is 0 Å². The normalized spacial score (nSPS) is 21.6. The number of nitrogens with zero attached hydrogens (tertiary/aromatic N) is 2. The summed E-state index contributed by atoms with van der Waals surface area (Å²) in [5, 5.41) is 8.27. The van der Waals surface area contributed by atoms with Crippen LogP contribution in [0.1, 0.15) is 38.5 Å². The van der Waals surface area contributed by atoms with Gasteiger partial charge in [-0.15, -0.1) is 11.6 Å². The van der Waals surface area contributed by atoms with Gasteiger partial charge in [0.05, 0.1) is 6.07 Å². The standard InChI is InChI=1S/C11H19ClN2/c1-14(9-10(12)8-13)11-6-4-2-3-5-7-11/h10-11H,2-7,9H2,1H3. The summed E-state index contributed by atoms with van der Waals surface area (Å²) in [6.07, 6.45) is 7.93. The second kappa shape index (κ2) is 6.27. The van der Waals surface area contributed by atoms with Gasteiger partial charge in [0, 0.05) is 12.6 Å². The average molecular weight is 215 g/mol. The lowest BCUT2D eigenvalue weighted by atomic mass is 10.1. The fourth-order valence-electron chi connectivity index (χ4n) is 2.14. The molecule has 0 saturated heterocycles. The van der Waals surface area contributed by atoms with Gasteiger partial charge in [-0.1, -0.05) is 25.7 Å². The lowest BCUT2D eigenvalue weighted by molar-refractivity contribution is 0.227. The van der Waals surface area contributed by atoms with E-state index >= 15 is 0 Å². The second-order valence-corrected chi connectivity index (χ2v) is 4.71. The van der Waals surface area contributed by atoms with E-state index in [0.717, 1.165) is 0 Å². The number of halogens is 1. The van der Waals surface area contributed by atoms with E-state index in [-0.39, 0.29) is 5.38 Å². The van der Waals surface area contributed by atoms with E-state index in [0.29, 0.717) is 12.6 Å². The minimum atomic E-state index is -0.358. The molecule has 0 aromatic heterocycles. The van der Waals surface area contributed by atoms with E-state index in [9.17, 15) is 0 Å². The molecule has 0 radical (unpaired) electrons. The maximum atomic E-state index is 8.63. The number of alkyl halides is 1. The van der Waals surface area contributed by atoms with E-state index in [1.807, 2.05) is 0 Å². The van der Waals surface area contributed by atoms with Crippen molar-refractivity contribution < 1.29 is 0 Å². The van der Waals surface area contributed by atoms with Crippen LogP contribution in [-0.4, -0.2) is 29.9 Å². The molecule has 1 atom stereocenters. The molecule has 1 fully saturated rings. The molecule has 0 aliphatic heterocycles. The van der Waals surface area contributed by atoms with E-state index in [2.05, 4.69) is 18.0 Å². The van der Waals surface area contributed by atoms with Gasteiger partial charge in [0.15, 0.2) is 0 Å². The van der Waals surface area contributed by atoms with Crippen LogP contribution in [0.2, 0.25) is 0 Å². The molecule has 14 heavy (non-hydrogen) atoms. The van der Waals surface area contributed by atoms with Gasteiger partial charge in [-0.25, -0.2) is 0 Å². The Labute approximate surface area is 91.8 Å². The Morgan fingerprint density at radius 2 is 1.93 bits per heavy atom. The summed E-state index contributed by atoms with van der Waals surface area (Å²) < 4.78 is 0. The van der Waals surface area contributed by atoms with E-state index in [1.165, 1.54) is 38.5 Å². The van der Waals surface area contributed by atoms with Gasteiger partial charge < -0.3 is 4.90 Å². The van der Waals surface area contributed by atoms with Gasteiger partial charge in [0.1, 0.15) is 5.38 Å². The third-order valence-corrected chi connectivity index (χ3v) is 3.27. The maximum Gasteiger partial charge on any atom is 0.133 e. The minimum absolute atomic E-state index is 0.358. The Balaban J connectivity index is 2.34. The summed E-state index contributed by atoms with van der Waals surface area (Å²) in [7, 11) is 2.09. The molecule has 0 heterocycles. The molecule has 2 nitrogen and oxygen atoms in total. The third-order valence-electron chi connectivity index (χ3n) is 3.04. The molecule has 1 aliphatic rings. The highest BCUT2D eigenvalue weighted by Crippen LogP contribution is 2.21. The minimum Gasteiger partial charge on any atom is -0.301 e. The van der Waals surface area contributed by atoms with Gasteiger partial charge in [0.25, 0.3) is 0 Å². The molecule has 1 saturated carbocycles. The molecule has 3 heteroatoms. The van der Waals surface area contributed by atoms with E-state index in [4.69, 9.17) is 16.9 Å². The zero-order valence-corrected chi connectivity index (χ0v) is 9.63. The predicted molar refractivity (Wildman–Crippen MR) is 59.4 cm³/mol. The highest BCUT2D eigenvalue weighted by atomic mass is 35.5. The van der Waals surface area contributed by atoms with Crippen molar-refractivity contribution in [1.82, 2.24) is 4.90 Å². The SMILES string of the molecule is CN(CC(Cl)C#N)C1CCCCCC1. The smallest absolute Gasteiger partial charge is 0.133 e. The Hall–Kier alpha value is -0.260. The molecule has 0 bridgehead atoms. The quantitative estimate of drug-likeness (QED) is 0.534. The fraction of sp³-hybridized carbons (Fsp3) is 0.909. The zero-order chi connectivity index (χ0) is 10.4. The summed E-state index contributed by atoms with van der Waals surface area (Å²) >= 11 is 5.82. The van der Waals surface area contributed by atoms with Gasteiger partial charge in [-0.05, 0) is 19.9 Å². The molecule has 0 amide bonds. The molecule has 0 spiro atoms. The van der Waals surface area contributed by atoms with Crippen molar-refractivity contribution in [3.05, 3.63) is 0 Å². The summed E-state index contributed by atoms with van der Waals surface area (Å²) in [4.78, 5) is 2.26. The number of rotatable bonds is 3. The molecule has 0 aromatic carbocycles. The fourth-order valence-corrected chi connectivity index (χ4v) is 2.36. The van der Waals surface area contributed by atoms with Gasteiger partial charge in [0.2, 0.25) is 0 Å². The first-order valence-corrected chi connectivity index (χ1v) is 5.91. The van der Waals surface area contributed by atoms with Crippen LogP contribution in [0, 0.1) is 11.3 Å². The molecule has 0 N–H and O–H groups in total. The first kappa shape index (κ1) is 11.8. The Bertz CT molecular complexity index is 192. The van der Waals surface area contributed by atoms with Crippen LogP contribution < -0.4 is 0 Å². The summed E-state index contributed by atoms with van der Waals surface area (Å²) in [5.41, 5.74) is 0. The van der Waals surface area contributed by atoms with Gasteiger partial charge in [-0.2, -0.15) is 5.26 Å². The van der Waals surface area contributed by atoms with Crippen LogP contribution in [0.25, 0.3) is 0 Å². The molecular formula is C11H19ClN2. The largest absolute Gasteiger partial charge is 0.301 e. The molecule has 1 unspecified atom stereocenters. The van der Waals surface area contributed by atoms with Crippen molar-refractivity contribution in [3.63, 3.8) is 0 Å². The zero-order valence-electron chi connectivity index (χ0n) is 8.88. The van der Waals surface area contributed by atoms with Crippen molar-refractivity contribution in [2.75, 3.05) is 13.6 Å².